The van der Waals surface area contributed by atoms with Crippen LogP contribution in [-0.2, 0) is 0 Å². The minimum atomic E-state index is -4.02. The lowest BCUT2D eigenvalue weighted by Crippen LogP contribution is -2.06. The lowest BCUT2D eigenvalue weighted by molar-refractivity contribution is -0.135. The van der Waals surface area contributed by atoms with Gasteiger partial charge in [0, 0.05) is 12.8 Å². The third-order valence-corrected chi connectivity index (χ3v) is 4.64. The van der Waals surface area contributed by atoms with Crippen LogP contribution in [0.25, 0.3) is 0 Å². The Labute approximate surface area is 85.5 Å². The van der Waals surface area contributed by atoms with E-state index < -0.39 is 21.4 Å². The molecule has 14 heavy (non-hydrogen) atoms. The van der Waals surface area contributed by atoms with E-state index in [0.29, 0.717) is 6.42 Å². The Bertz CT molecular complexity index is 196. The summed E-state index contributed by atoms with van der Waals surface area (Å²) >= 11 is 0. The first-order chi connectivity index (χ1) is 6.49. The van der Waals surface area contributed by atoms with Gasteiger partial charge in [0.15, 0.2) is 0 Å². The summed E-state index contributed by atoms with van der Waals surface area (Å²) in [5, 5.41) is 0. The summed E-state index contributed by atoms with van der Waals surface area (Å²) in [6.45, 7) is 4.20. The number of halogens is 3. The summed E-state index contributed by atoms with van der Waals surface area (Å²) < 4.78 is 35.2. The monoisotopic (exact) mass is 222 g/mol. The van der Waals surface area contributed by atoms with Gasteiger partial charge in [0.1, 0.15) is 8.80 Å². The van der Waals surface area contributed by atoms with Crippen molar-refractivity contribution in [2.45, 2.75) is 51.4 Å². The topological polar surface area (TPSA) is 0 Å². The van der Waals surface area contributed by atoms with Gasteiger partial charge in [0.05, 0.1) is 0 Å². The van der Waals surface area contributed by atoms with Gasteiger partial charge < -0.3 is 0 Å². The Balaban J connectivity index is 3.62. The maximum atomic E-state index is 11.7. The highest BCUT2D eigenvalue weighted by Gasteiger charge is 2.25. The van der Waals surface area contributed by atoms with Crippen LogP contribution in [0.4, 0.5) is 13.2 Å². The molecule has 0 aromatic heterocycles. The highest BCUT2D eigenvalue weighted by atomic mass is 28.3. The van der Waals surface area contributed by atoms with E-state index in [0.717, 1.165) is 12.1 Å². The molecule has 0 unspecified atom stereocenters. The van der Waals surface area contributed by atoms with Crippen molar-refractivity contribution in [3.63, 3.8) is 0 Å². The quantitative estimate of drug-likeness (QED) is 0.388. The van der Waals surface area contributed by atoms with E-state index >= 15 is 0 Å². The number of alkyl halides is 3. The first-order valence-corrected chi connectivity index (χ1v) is 7.25. The molecule has 0 saturated heterocycles. The average Bonchev–Trinajstić information content (AvgIpc) is 2.09. The molecule has 0 nitrogen and oxygen atoms in total. The largest absolute Gasteiger partial charge is 0.389 e. The molecule has 0 fully saturated rings. The molecular weight excluding hydrogens is 205 g/mol. The first-order valence-electron chi connectivity index (χ1n) is 5.04. The van der Waals surface area contributed by atoms with Crippen LogP contribution >= 0.6 is 0 Å². The molecule has 82 valence electrons. The van der Waals surface area contributed by atoms with E-state index in [1.807, 2.05) is 0 Å². The molecule has 0 aliphatic carbocycles. The lowest BCUT2D eigenvalue weighted by Gasteiger charge is -2.02. The van der Waals surface area contributed by atoms with E-state index in [1.54, 1.807) is 0 Å². The molecular formula is C10H17F3Si. The van der Waals surface area contributed by atoms with E-state index in [4.69, 9.17) is 0 Å². The van der Waals surface area contributed by atoms with Crippen molar-refractivity contribution < 1.29 is 13.2 Å². The van der Waals surface area contributed by atoms with Crippen molar-refractivity contribution in [2.24, 2.45) is 0 Å². The molecule has 0 amide bonds. The predicted octanol–water partition coefficient (Wildman–Crippen LogP) is 3.53. The van der Waals surface area contributed by atoms with Gasteiger partial charge in [-0.25, -0.2) is 0 Å². The minimum Gasteiger partial charge on any atom is -0.171 e. The van der Waals surface area contributed by atoms with Gasteiger partial charge in [-0.2, -0.15) is 13.2 Å². The Morgan fingerprint density at radius 2 is 1.71 bits per heavy atom. The predicted molar refractivity (Wildman–Crippen MR) is 55.8 cm³/mol. The van der Waals surface area contributed by atoms with Crippen molar-refractivity contribution in [2.75, 3.05) is 0 Å². The van der Waals surface area contributed by atoms with E-state index in [9.17, 15) is 13.2 Å². The van der Waals surface area contributed by atoms with Crippen LogP contribution in [0.15, 0.2) is 0 Å². The molecule has 0 rings (SSSR count). The summed E-state index contributed by atoms with van der Waals surface area (Å²) in [7, 11) is -0.919. The van der Waals surface area contributed by atoms with Crippen LogP contribution in [0.3, 0.4) is 0 Å². The second-order valence-corrected chi connectivity index (χ2v) is 6.62. The summed E-state index contributed by atoms with van der Waals surface area (Å²) in [4.78, 5) is 0. The molecule has 0 aliphatic rings. The molecule has 0 aliphatic heterocycles. The Hall–Kier alpha value is -0.433. The molecule has 0 heterocycles. The molecule has 0 aromatic carbocycles. The zero-order valence-electron chi connectivity index (χ0n) is 8.75. The smallest absolute Gasteiger partial charge is 0.171 e. The Kier molecular flexibility index (Phi) is 6.72. The van der Waals surface area contributed by atoms with E-state index in [1.165, 1.54) is 0 Å². The van der Waals surface area contributed by atoms with Crippen molar-refractivity contribution in [3.05, 3.63) is 0 Å². The summed E-state index contributed by atoms with van der Waals surface area (Å²) in [5.74, 6) is 2.87. The van der Waals surface area contributed by atoms with Crippen LogP contribution in [0.2, 0.25) is 12.1 Å². The first kappa shape index (κ1) is 13.6. The fraction of sp³-hybridized carbons (Fsp3) is 0.800. The molecule has 0 aromatic rings. The van der Waals surface area contributed by atoms with Crippen LogP contribution in [-0.4, -0.2) is 15.0 Å². The van der Waals surface area contributed by atoms with Crippen LogP contribution in [0.1, 0.15) is 33.1 Å². The molecule has 0 bridgehead atoms. The van der Waals surface area contributed by atoms with Crippen molar-refractivity contribution >= 4 is 8.80 Å². The Morgan fingerprint density at radius 3 is 2.14 bits per heavy atom. The van der Waals surface area contributed by atoms with Gasteiger partial charge in [-0.05, 0) is 6.42 Å². The second-order valence-electron chi connectivity index (χ2n) is 3.30. The highest BCUT2D eigenvalue weighted by molar-refractivity contribution is 6.67. The number of hydrogen-bond donors (Lipinski definition) is 0. The van der Waals surface area contributed by atoms with Crippen molar-refractivity contribution in [1.29, 1.82) is 0 Å². The van der Waals surface area contributed by atoms with E-state index in [2.05, 4.69) is 25.3 Å². The standard InChI is InChI=1S/C10H17F3Si/c1-3-14(4-2)9-7-5-6-8-10(11,12)13/h14H,3-6,8H2,1-2H3. The number of unbranched alkanes of at least 4 members (excludes halogenated alkanes) is 1. The normalized spacial score (nSPS) is 11.3. The fourth-order valence-electron chi connectivity index (χ4n) is 1.09. The molecule has 4 heteroatoms. The van der Waals surface area contributed by atoms with Crippen molar-refractivity contribution in [1.82, 2.24) is 0 Å². The van der Waals surface area contributed by atoms with Crippen LogP contribution in [0.5, 0.6) is 0 Å². The van der Waals surface area contributed by atoms with Gasteiger partial charge in [-0.15, -0.1) is 11.5 Å². The molecule has 0 N–H and O–H groups in total. The van der Waals surface area contributed by atoms with Gasteiger partial charge in [-0.3, -0.25) is 0 Å². The molecule has 0 radical (unpaired) electrons. The average molecular weight is 222 g/mol. The van der Waals surface area contributed by atoms with Crippen LogP contribution < -0.4 is 0 Å². The third kappa shape index (κ3) is 8.18. The summed E-state index contributed by atoms with van der Waals surface area (Å²) in [6, 6.07) is 2.23. The maximum Gasteiger partial charge on any atom is 0.389 e. The number of hydrogen-bond acceptors (Lipinski definition) is 0. The Morgan fingerprint density at radius 1 is 1.14 bits per heavy atom. The van der Waals surface area contributed by atoms with Gasteiger partial charge >= 0.3 is 6.18 Å². The second kappa shape index (κ2) is 6.94. The van der Waals surface area contributed by atoms with E-state index in [-0.39, 0.29) is 6.42 Å². The minimum absolute atomic E-state index is 0.144. The highest BCUT2D eigenvalue weighted by Crippen LogP contribution is 2.21. The maximum absolute atomic E-state index is 11.7. The lowest BCUT2D eigenvalue weighted by atomic mass is 10.2. The van der Waals surface area contributed by atoms with Crippen molar-refractivity contribution in [3.8, 4) is 11.5 Å². The molecule has 0 saturated carbocycles. The summed E-state index contributed by atoms with van der Waals surface area (Å²) in [5.41, 5.74) is 3.13. The van der Waals surface area contributed by atoms with Gasteiger partial charge in [0.25, 0.3) is 0 Å². The SMILES string of the molecule is CC[SiH](C#CCCCC(F)(F)F)CC. The third-order valence-electron chi connectivity index (χ3n) is 2.05. The van der Waals surface area contributed by atoms with Gasteiger partial charge in [-0.1, -0.05) is 25.9 Å². The zero-order chi connectivity index (χ0) is 11.0. The van der Waals surface area contributed by atoms with Gasteiger partial charge in [0.2, 0.25) is 0 Å². The number of rotatable bonds is 4. The molecule has 0 spiro atoms. The fourth-order valence-corrected chi connectivity index (χ4v) is 2.51. The molecule has 0 atom stereocenters. The summed E-state index contributed by atoms with van der Waals surface area (Å²) in [6.07, 6.45) is -4.19. The van der Waals surface area contributed by atoms with Crippen LogP contribution in [0, 0.1) is 11.5 Å². The zero-order valence-corrected chi connectivity index (χ0v) is 9.90.